The lowest BCUT2D eigenvalue weighted by atomic mass is 10.3. The summed E-state index contributed by atoms with van der Waals surface area (Å²) in [5.41, 5.74) is 0. The third-order valence-corrected chi connectivity index (χ3v) is 4.71. The minimum atomic E-state index is -0.330. The van der Waals surface area contributed by atoms with Crippen molar-refractivity contribution >= 4 is 23.5 Å². The Morgan fingerprint density at radius 2 is 2.27 bits per heavy atom. The lowest BCUT2D eigenvalue weighted by Gasteiger charge is -2.13. The summed E-state index contributed by atoms with van der Waals surface area (Å²) in [5.74, 6) is 0.922. The molecule has 2 aromatic rings. The van der Waals surface area contributed by atoms with Crippen LogP contribution >= 0.6 is 11.8 Å². The van der Waals surface area contributed by atoms with Crippen molar-refractivity contribution in [3.63, 3.8) is 0 Å². The minimum Gasteiger partial charge on any atom is -0.360 e. The maximum atomic E-state index is 12.2. The van der Waals surface area contributed by atoms with Gasteiger partial charge in [0.05, 0.1) is 11.3 Å². The van der Waals surface area contributed by atoms with Gasteiger partial charge in [0.2, 0.25) is 11.1 Å². The normalized spacial score (nSPS) is 16.8. The molecule has 0 aliphatic heterocycles. The van der Waals surface area contributed by atoms with Crippen LogP contribution in [0.4, 0.5) is 5.82 Å². The molecule has 1 unspecified atom stereocenters. The highest BCUT2D eigenvalue weighted by Crippen LogP contribution is 2.32. The van der Waals surface area contributed by atoms with E-state index in [1.807, 2.05) is 11.6 Å². The summed E-state index contributed by atoms with van der Waals surface area (Å²) in [7, 11) is 0. The van der Waals surface area contributed by atoms with E-state index in [2.05, 4.69) is 26.0 Å². The van der Waals surface area contributed by atoms with Gasteiger partial charge in [0.1, 0.15) is 5.76 Å². The van der Waals surface area contributed by atoms with Crippen molar-refractivity contribution in [3.8, 4) is 0 Å². The van der Waals surface area contributed by atoms with Gasteiger partial charge in [0.25, 0.3) is 0 Å². The number of nitrogens with one attached hydrogen (secondary N) is 1. The summed E-state index contributed by atoms with van der Waals surface area (Å²) in [4.78, 5) is 12.2. The second kappa shape index (κ2) is 6.47. The molecule has 1 fully saturated rings. The highest BCUT2D eigenvalue weighted by atomic mass is 32.2. The fraction of sp³-hybridized carbons (Fsp3) is 0.615. The molecule has 8 nitrogen and oxygen atoms in total. The molecule has 3 rings (SSSR count). The Morgan fingerprint density at radius 1 is 1.50 bits per heavy atom. The van der Waals surface area contributed by atoms with E-state index < -0.39 is 0 Å². The number of nitrogens with zero attached hydrogens (tertiary/aromatic N) is 5. The number of hydrogen-bond acceptors (Lipinski definition) is 7. The Bertz CT molecular complexity index is 649. The monoisotopic (exact) mass is 322 g/mol. The van der Waals surface area contributed by atoms with Crippen LogP contribution in [-0.4, -0.2) is 36.5 Å². The molecule has 2 heterocycles. The molecule has 118 valence electrons. The van der Waals surface area contributed by atoms with Crippen molar-refractivity contribution in [2.24, 2.45) is 0 Å². The Hall–Kier alpha value is -1.90. The molecule has 1 N–H and O–H groups in total. The van der Waals surface area contributed by atoms with Crippen LogP contribution in [0.15, 0.2) is 15.7 Å². The van der Waals surface area contributed by atoms with Crippen molar-refractivity contribution in [1.82, 2.24) is 25.4 Å². The number of anilines is 1. The second-order valence-corrected chi connectivity index (χ2v) is 6.72. The van der Waals surface area contributed by atoms with Gasteiger partial charge in [-0.3, -0.25) is 4.79 Å². The number of carbonyl (C=O) groups excluding carboxylic acids is 1. The van der Waals surface area contributed by atoms with Crippen LogP contribution in [-0.2, 0) is 4.79 Å². The van der Waals surface area contributed by atoms with Crippen LogP contribution in [0.1, 0.15) is 44.4 Å². The summed E-state index contributed by atoms with van der Waals surface area (Å²) in [5, 5.41) is 18.7. The molecule has 0 aromatic carbocycles. The van der Waals surface area contributed by atoms with E-state index in [-0.39, 0.29) is 11.2 Å². The number of rotatable bonds is 5. The molecular formula is C13H18N6O2S. The predicted octanol–water partition coefficient (Wildman–Crippen LogP) is 2.20. The van der Waals surface area contributed by atoms with E-state index in [1.54, 1.807) is 13.0 Å². The van der Waals surface area contributed by atoms with Crippen molar-refractivity contribution in [2.75, 3.05) is 5.32 Å². The van der Waals surface area contributed by atoms with Gasteiger partial charge in [-0.15, -0.1) is 5.10 Å². The van der Waals surface area contributed by atoms with Crippen LogP contribution in [0.2, 0.25) is 0 Å². The lowest BCUT2D eigenvalue weighted by Crippen LogP contribution is -2.23. The number of amides is 1. The molecular weight excluding hydrogens is 304 g/mol. The molecule has 0 saturated heterocycles. The topological polar surface area (TPSA) is 98.7 Å². The third-order valence-electron chi connectivity index (χ3n) is 3.66. The van der Waals surface area contributed by atoms with E-state index in [0.29, 0.717) is 22.8 Å². The fourth-order valence-electron chi connectivity index (χ4n) is 2.51. The average Bonchev–Trinajstić information content (AvgIpc) is 3.20. The fourth-order valence-corrected chi connectivity index (χ4v) is 3.37. The van der Waals surface area contributed by atoms with Gasteiger partial charge in [-0.2, -0.15) is 0 Å². The van der Waals surface area contributed by atoms with E-state index in [9.17, 15) is 4.79 Å². The van der Waals surface area contributed by atoms with Gasteiger partial charge in [0, 0.05) is 6.07 Å². The first kappa shape index (κ1) is 15.0. The zero-order valence-electron chi connectivity index (χ0n) is 12.5. The summed E-state index contributed by atoms with van der Waals surface area (Å²) in [6.07, 6.45) is 4.60. The summed E-state index contributed by atoms with van der Waals surface area (Å²) >= 11 is 1.35. The molecule has 9 heteroatoms. The maximum absolute atomic E-state index is 12.2. The van der Waals surface area contributed by atoms with Crippen molar-refractivity contribution in [3.05, 3.63) is 11.8 Å². The largest absolute Gasteiger partial charge is 0.360 e. The molecule has 1 aliphatic rings. The van der Waals surface area contributed by atoms with Gasteiger partial charge in [0.15, 0.2) is 5.82 Å². The van der Waals surface area contributed by atoms with Crippen LogP contribution in [0.3, 0.4) is 0 Å². The molecule has 1 saturated carbocycles. The number of carbonyl (C=O) groups is 1. The first-order chi connectivity index (χ1) is 10.6. The number of thioether (sulfide) groups is 1. The molecule has 1 aliphatic carbocycles. The highest BCUT2D eigenvalue weighted by molar-refractivity contribution is 8.00. The van der Waals surface area contributed by atoms with E-state index >= 15 is 0 Å². The summed E-state index contributed by atoms with van der Waals surface area (Å²) < 4.78 is 6.78. The molecule has 0 bridgehead atoms. The van der Waals surface area contributed by atoms with E-state index in [1.165, 1.54) is 24.6 Å². The van der Waals surface area contributed by atoms with Crippen LogP contribution in [0.5, 0.6) is 0 Å². The van der Waals surface area contributed by atoms with Crippen LogP contribution < -0.4 is 5.32 Å². The second-order valence-electron chi connectivity index (χ2n) is 5.42. The third kappa shape index (κ3) is 3.29. The zero-order valence-corrected chi connectivity index (χ0v) is 13.3. The Balaban J connectivity index is 1.62. The van der Waals surface area contributed by atoms with Crippen LogP contribution in [0.25, 0.3) is 0 Å². The molecule has 0 spiro atoms. The van der Waals surface area contributed by atoms with Gasteiger partial charge < -0.3 is 9.84 Å². The minimum absolute atomic E-state index is 0.153. The highest BCUT2D eigenvalue weighted by Gasteiger charge is 2.25. The van der Waals surface area contributed by atoms with Gasteiger partial charge in [-0.25, -0.2) is 4.68 Å². The summed E-state index contributed by atoms with van der Waals surface area (Å²) in [6, 6.07) is 2.03. The SMILES string of the molecule is Cc1cc(NC(=O)C(C)Sc2nnnn2C2CCCC2)no1. The first-order valence-electron chi connectivity index (χ1n) is 7.32. The van der Waals surface area contributed by atoms with Gasteiger partial charge >= 0.3 is 0 Å². The Morgan fingerprint density at radius 3 is 2.95 bits per heavy atom. The maximum Gasteiger partial charge on any atom is 0.238 e. The number of aromatic nitrogens is 5. The smallest absolute Gasteiger partial charge is 0.238 e. The molecule has 0 radical (unpaired) electrons. The van der Waals surface area contributed by atoms with Crippen molar-refractivity contribution < 1.29 is 9.32 Å². The molecule has 1 atom stereocenters. The summed E-state index contributed by atoms with van der Waals surface area (Å²) in [6.45, 7) is 3.59. The average molecular weight is 322 g/mol. The first-order valence-corrected chi connectivity index (χ1v) is 8.20. The molecule has 22 heavy (non-hydrogen) atoms. The van der Waals surface area contributed by atoms with E-state index in [0.717, 1.165) is 12.8 Å². The van der Waals surface area contributed by atoms with Gasteiger partial charge in [-0.1, -0.05) is 29.8 Å². The number of aryl methyl sites for hydroxylation is 1. The lowest BCUT2D eigenvalue weighted by molar-refractivity contribution is -0.115. The quantitative estimate of drug-likeness (QED) is 0.842. The number of tetrazole rings is 1. The standard InChI is InChI=1S/C13H18N6O2S/c1-8-7-11(16-21-8)14-12(20)9(2)22-13-15-17-18-19(13)10-5-3-4-6-10/h7,9-10H,3-6H2,1-2H3,(H,14,16,20). The Labute approximate surface area is 132 Å². The predicted molar refractivity (Wildman–Crippen MR) is 80.5 cm³/mol. The van der Waals surface area contributed by atoms with Gasteiger partial charge in [-0.05, 0) is 37.1 Å². The van der Waals surface area contributed by atoms with Crippen molar-refractivity contribution in [1.29, 1.82) is 0 Å². The van der Waals surface area contributed by atoms with Crippen molar-refractivity contribution in [2.45, 2.75) is 56.0 Å². The number of hydrogen-bond donors (Lipinski definition) is 1. The molecule has 1 amide bonds. The van der Waals surface area contributed by atoms with E-state index in [4.69, 9.17) is 4.52 Å². The zero-order chi connectivity index (χ0) is 15.5. The molecule has 2 aromatic heterocycles. The Kier molecular flexibility index (Phi) is 4.41. The van der Waals surface area contributed by atoms with Crippen LogP contribution in [0, 0.1) is 6.92 Å².